The van der Waals surface area contributed by atoms with Gasteiger partial charge in [-0.15, -0.1) is 0 Å². The Bertz CT molecular complexity index is 248. The quantitative estimate of drug-likeness (QED) is 0.534. The lowest BCUT2D eigenvalue weighted by atomic mass is 10.3. The Morgan fingerprint density at radius 2 is 2.10 bits per heavy atom. The van der Waals surface area contributed by atoms with Crippen LogP contribution in [0.1, 0.15) is 0 Å². The molecule has 0 unspecified atom stereocenters. The summed E-state index contributed by atoms with van der Waals surface area (Å²) in [6, 6.07) is 0. The van der Waals surface area contributed by atoms with Crippen LogP contribution in [0.3, 0.4) is 0 Å². The fourth-order valence-electron chi connectivity index (χ4n) is 0.674. The summed E-state index contributed by atoms with van der Waals surface area (Å²) in [5.41, 5.74) is 5.52. The molecule has 0 fully saturated rings. The Morgan fingerprint density at radius 3 is 2.60 bits per heavy atom. The molecule has 0 atom stereocenters. The molecule has 0 saturated heterocycles. The van der Waals surface area contributed by atoms with Gasteiger partial charge in [-0.25, -0.2) is 0 Å². The predicted molar refractivity (Wildman–Crippen MR) is 37.2 cm³/mol. The maximum atomic E-state index is 4.96. The number of allylic oxidation sites excluding steroid dienone is 2. The van der Waals surface area contributed by atoms with Crippen LogP contribution in [0, 0.1) is 0 Å². The number of ether oxygens (including phenoxy) is 2. The second kappa shape index (κ2) is 2.98. The summed E-state index contributed by atoms with van der Waals surface area (Å²) < 4.78 is 9.88. The summed E-state index contributed by atoms with van der Waals surface area (Å²) in [5, 5.41) is 0. The molecule has 0 heterocycles. The van der Waals surface area contributed by atoms with Crippen LogP contribution in [0.25, 0.3) is 0 Å². The fraction of sp³-hybridized carbons (Fsp3) is 0.250. The van der Waals surface area contributed by atoms with E-state index in [1.54, 1.807) is 26.4 Å². The number of hydrogen-bond acceptors (Lipinski definition) is 2. The van der Waals surface area contributed by atoms with Gasteiger partial charge in [-0.05, 0) is 17.9 Å². The molecule has 1 aliphatic carbocycles. The van der Waals surface area contributed by atoms with E-state index >= 15 is 0 Å². The Labute approximate surface area is 59.8 Å². The van der Waals surface area contributed by atoms with Crippen molar-refractivity contribution in [1.82, 2.24) is 0 Å². The Morgan fingerprint density at radius 1 is 1.30 bits per heavy atom. The van der Waals surface area contributed by atoms with E-state index in [9.17, 15) is 0 Å². The van der Waals surface area contributed by atoms with Gasteiger partial charge in [-0.1, -0.05) is 5.73 Å². The summed E-state index contributed by atoms with van der Waals surface area (Å²) in [6.07, 6.45) is 3.50. The smallest absolute Gasteiger partial charge is 0.212 e. The monoisotopic (exact) mass is 136 g/mol. The van der Waals surface area contributed by atoms with Gasteiger partial charge in [0.15, 0.2) is 5.76 Å². The van der Waals surface area contributed by atoms with Gasteiger partial charge in [0.05, 0.1) is 14.2 Å². The standard InChI is InChI=1S/C8H8O2/c1-9-7-5-3-4-6-8(7)10-2/h3,5H,1-2H3. The summed E-state index contributed by atoms with van der Waals surface area (Å²) in [6.45, 7) is 0. The van der Waals surface area contributed by atoms with Gasteiger partial charge >= 0.3 is 0 Å². The molecular formula is C8H8O2. The van der Waals surface area contributed by atoms with E-state index in [1.165, 1.54) is 0 Å². The highest BCUT2D eigenvalue weighted by molar-refractivity contribution is 5.27. The van der Waals surface area contributed by atoms with Crippen LogP contribution in [-0.4, -0.2) is 14.2 Å². The van der Waals surface area contributed by atoms with Gasteiger partial charge in [-0.3, -0.25) is 0 Å². The van der Waals surface area contributed by atoms with Crippen molar-refractivity contribution in [1.29, 1.82) is 0 Å². The first-order valence-electron chi connectivity index (χ1n) is 2.89. The Hall–Kier alpha value is -1.36. The molecule has 2 heteroatoms. The molecule has 10 heavy (non-hydrogen) atoms. The number of rotatable bonds is 2. The van der Waals surface area contributed by atoms with Crippen LogP contribution in [0.15, 0.2) is 35.1 Å². The van der Waals surface area contributed by atoms with Crippen molar-refractivity contribution in [2.24, 2.45) is 0 Å². The molecule has 0 radical (unpaired) electrons. The highest BCUT2D eigenvalue weighted by Gasteiger charge is 2.03. The van der Waals surface area contributed by atoms with Crippen molar-refractivity contribution in [3.63, 3.8) is 0 Å². The van der Waals surface area contributed by atoms with Crippen molar-refractivity contribution in [2.45, 2.75) is 0 Å². The van der Waals surface area contributed by atoms with E-state index in [-0.39, 0.29) is 0 Å². The van der Waals surface area contributed by atoms with Crippen LogP contribution in [-0.2, 0) is 9.47 Å². The summed E-state index contributed by atoms with van der Waals surface area (Å²) in [5.74, 6) is 1.27. The molecule has 1 rings (SSSR count). The minimum absolute atomic E-state index is 0.588. The predicted octanol–water partition coefficient (Wildman–Crippen LogP) is 1.37. The lowest BCUT2D eigenvalue weighted by molar-refractivity contribution is 0.220. The first-order valence-corrected chi connectivity index (χ1v) is 2.89. The van der Waals surface area contributed by atoms with E-state index in [0.29, 0.717) is 11.5 Å². The highest BCUT2D eigenvalue weighted by Crippen LogP contribution is 2.11. The van der Waals surface area contributed by atoms with Crippen LogP contribution in [0.4, 0.5) is 0 Å². The minimum atomic E-state index is 0.588. The van der Waals surface area contributed by atoms with Crippen molar-refractivity contribution in [2.75, 3.05) is 14.2 Å². The number of hydrogen-bond donors (Lipinski definition) is 0. The first kappa shape index (κ1) is 6.76. The molecule has 0 aromatic rings. The van der Waals surface area contributed by atoms with E-state index in [0.717, 1.165) is 0 Å². The molecule has 0 saturated carbocycles. The van der Waals surface area contributed by atoms with Crippen molar-refractivity contribution < 1.29 is 9.47 Å². The van der Waals surface area contributed by atoms with Gasteiger partial charge in [0, 0.05) is 0 Å². The van der Waals surface area contributed by atoms with E-state index in [1.807, 2.05) is 0 Å². The van der Waals surface area contributed by atoms with E-state index in [4.69, 9.17) is 9.47 Å². The average molecular weight is 136 g/mol. The van der Waals surface area contributed by atoms with Gasteiger partial charge in [0.1, 0.15) is 0 Å². The van der Waals surface area contributed by atoms with E-state index < -0.39 is 0 Å². The van der Waals surface area contributed by atoms with Crippen molar-refractivity contribution in [3.8, 4) is 0 Å². The summed E-state index contributed by atoms with van der Waals surface area (Å²) in [7, 11) is 3.16. The second-order valence-corrected chi connectivity index (χ2v) is 1.70. The average Bonchev–Trinajstić information content (AvgIpc) is 2.04. The fourth-order valence-corrected chi connectivity index (χ4v) is 0.674. The molecule has 52 valence electrons. The molecule has 0 N–H and O–H groups in total. The zero-order valence-corrected chi connectivity index (χ0v) is 5.97. The maximum Gasteiger partial charge on any atom is 0.212 e. The van der Waals surface area contributed by atoms with Crippen LogP contribution < -0.4 is 0 Å². The Balaban J connectivity index is 2.93. The number of methoxy groups -OCH3 is 2. The molecule has 0 aliphatic heterocycles. The van der Waals surface area contributed by atoms with Crippen molar-refractivity contribution in [3.05, 3.63) is 35.1 Å². The van der Waals surface area contributed by atoms with Gasteiger partial charge in [0.25, 0.3) is 0 Å². The molecule has 0 aromatic carbocycles. The molecular weight excluding hydrogens is 128 g/mol. The topological polar surface area (TPSA) is 18.5 Å². The molecule has 1 aliphatic rings. The van der Waals surface area contributed by atoms with Crippen LogP contribution >= 0.6 is 0 Å². The third-order valence-corrected chi connectivity index (χ3v) is 1.15. The van der Waals surface area contributed by atoms with Gasteiger partial charge in [0.2, 0.25) is 5.76 Å². The second-order valence-electron chi connectivity index (χ2n) is 1.70. The normalized spacial score (nSPS) is 14.2. The molecule has 0 spiro atoms. The van der Waals surface area contributed by atoms with Crippen LogP contribution in [0.5, 0.6) is 0 Å². The lowest BCUT2D eigenvalue weighted by Gasteiger charge is -2.06. The maximum absolute atomic E-state index is 4.96. The molecule has 2 nitrogen and oxygen atoms in total. The van der Waals surface area contributed by atoms with Crippen molar-refractivity contribution >= 4 is 0 Å². The van der Waals surface area contributed by atoms with Crippen LogP contribution in [0.2, 0.25) is 0 Å². The Kier molecular flexibility index (Phi) is 2.01. The summed E-state index contributed by atoms with van der Waals surface area (Å²) >= 11 is 0. The molecule has 0 bridgehead atoms. The highest BCUT2D eigenvalue weighted by atomic mass is 16.5. The first-order chi connectivity index (χ1) is 4.88. The van der Waals surface area contributed by atoms with Gasteiger partial charge < -0.3 is 9.47 Å². The molecule has 0 amide bonds. The molecule has 0 aromatic heterocycles. The van der Waals surface area contributed by atoms with E-state index in [2.05, 4.69) is 11.5 Å². The third-order valence-electron chi connectivity index (χ3n) is 1.15. The third kappa shape index (κ3) is 1.14. The summed E-state index contributed by atoms with van der Waals surface area (Å²) in [4.78, 5) is 0. The zero-order chi connectivity index (χ0) is 7.40. The lowest BCUT2D eigenvalue weighted by Crippen LogP contribution is -1.94. The zero-order valence-electron chi connectivity index (χ0n) is 5.97. The largest absolute Gasteiger partial charge is 0.492 e. The SMILES string of the molecule is COC1=C=C=CC=C1OC. The van der Waals surface area contributed by atoms with Gasteiger partial charge in [-0.2, -0.15) is 0 Å². The minimum Gasteiger partial charge on any atom is -0.492 e.